The first-order valence-electron chi connectivity index (χ1n) is 9.06. The third kappa shape index (κ3) is 3.66. The van der Waals surface area contributed by atoms with E-state index in [1.54, 1.807) is 28.3 Å². The van der Waals surface area contributed by atoms with E-state index in [1.807, 2.05) is 20.8 Å². The standard InChI is InChI=1S/C19H26N4O4/c1-13-5-6-20-9-14(13)16(24)21-10-15-17(25)22(7-8-27-4)18(26)23(15)12-19(2,3)11-21/h5-6,9,15H,7-8,10-12H2,1-4H3. The first-order chi connectivity index (χ1) is 12.7. The number of urea groups is 1. The first-order valence-corrected chi connectivity index (χ1v) is 9.06. The number of methoxy groups -OCH3 is 1. The predicted octanol–water partition coefficient (Wildman–Crippen LogP) is 1.15. The lowest BCUT2D eigenvalue weighted by Gasteiger charge is -2.31. The van der Waals surface area contributed by atoms with Gasteiger partial charge in [0.1, 0.15) is 6.04 Å². The molecule has 27 heavy (non-hydrogen) atoms. The van der Waals surface area contributed by atoms with E-state index >= 15 is 0 Å². The highest BCUT2D eigenvalue weighted by Crippen LogP contribution is 2.30. The molecular weight excluding hydrogens is 348 g/mol. The maximum atomic E-state index is 13.1. The number of nitrogens with zero attached hydrogens (tertiary/aromatic N) is 4. The highest BCUT2D eigenvalue weighted by atomic mass is 16.5. The lowest BCUT2D eigenvalue weighted by Crippen LogP contribution is -2.44. The van der Waals surface area contributed by atoms with Gasteiger partial charge in [0.2, 0.25) is 0 Å². The number of pyridine rings is 1. The number of carbonyl (C=O) groups excluding carboxylic acids is 3. The summed E-state index contributed by atoms with van der Waals surface area (Å²) in [5, 5.41) is 0. The Morgan fingerprint density at radius 2 is 2.07 bits per heavy atom. The van der Waals surface area contributed by atoms with E-state index in [-0.39, 0.29) is 36.3 Å². The number of carbonyl (C=O) groups is 3. The minimum atomic E-state index is -0.656. The Kier molecular flexibility index (Phi) is 5.19. The Morgan fingerprint density at radius 1 is 1.33 bits per heavy atom. The minimum Gasteiger partial charge on any atom is -0.383 e. The normalized spacial score (nSPS) is 22.1. The van der Waals surface area contributed by atoms with E-state index in [0.29, 0.717) is 25.3 Å². The zero-order valence-corrected chi connectivity index (χ0v) is 16.3. The Balaban J connectivity index is 1.89. The molecule has 0 bridgehead atoms. The summed E-state index contributed by atoms with van der Waals surface area (Å²) in [4.78, 5) is 47.3. The second-order valence-electron chi connectivity index (χ2n) is 7.95. The van der Waals surface area contributed by atoms with E-state index in [9.17, 15) is 14.4 Å². The number of hydrogen-bond donors (Lipinski definition) is 0. The zero-order chi connectivity index (χ0) is 19.8. The van der Waals surface area contributed by atoms with Crippen molar-refractivity contribution in [3.05, 3.63) is 29.6 Å². The van der Waals surface area contributed by atoms with Gasteiger partial charge in [0.05, 0.1) is 25.3 Å². The molecule has 146 valence electrons. The molecule has 0 N–H and O–H groups in total. The zero-order valence-electron chi connectivity index (χ0n) is 16.3. The van der Waals surface area contributed by atoms with Gasteiger partial charge in [-0.25, -0.2) is 4.79 Å². The lowest BCUT2D eigenvalue weighted by molar-refractivity contribution is -0.128. The van der Waals surface area contributed by atoms with Crippen molar-refractivity contribution in [2.24, 2.45) is 5.41 Å². The molecule has 1 aromatic rings. The smallest absolute Gasteiger partial charge is 0.327 e. The summed E-state index contributed by atoms with van der Waals surface area (Å²) in [6.45, 7) is 7.44. The highest BCUT2D eigenvalue weighted by molar-refractivity contribution is 6.05. The van der Waals surface area contributed by atoms with Crippen molar-refractivity contribution in [3.63, 3.8) is 0 Å². The second kappa shape index (κ2) is 7.26. The number of aryl methyl sites for hydroxylation is 1. The molecule has 2 aliphatic heterocycles. The molecule has 8 nitrogen and oxygen atoms in total. The molecule has 1 aromatic heterocycles. The van der Waals surface area contributed by atoms with Gasteiger partial charge in [0.15, 0.2) is 0 Å². The maximum absolute atomic E-state index is 13.1. The van der Waals surface area contributed by atoms with Crippen LogP contribution in [0.3, 0.4) is 0 Å². The Morgan fingerprint density at radius 3 is 2.74 bits per heavy atom. The summed E-state index contributed by atoms with van der Waals surface area (Å²) in [5.74, 6) is -0.429. The summed E-state index contributed by atoms with van der Waals surface area (Å²) >= 11 is 0. The van der Waals surface area contributed by atoms with Crippen molar-refractivity contribution in [2.45, 2.75) is 26.8 Å². The van der Waals surface area contributed by atoms with Gasteiger partial charge in [0, 0.05) is 38.0 Å². The van der Waals surface area contributed by atoms with Crippen LogP contribution in [0.4, 0.5) is 4.79 Å². The van der Waals surface area contributed by atoms with Gasteiger partial charge in [-0.1, -0.05) is 13.8 Å². The van der Waals surface area contributed by atoms with Crippen molar-refractivity contribution in [2.75, 3.05) is 39.9 Å². The highest BCUT2D eigenvalue weighted by Gasteiger charge is 2.50. The summed E-state index contributed by atoms with van der Waals surface area (Å²) < 4.78 is 5.01. The number of hydrogen-bond acceptors (Lipinski definition) is 5. The van der Waals surface area contributed by atoms with E-state index in [2.05, 4.69) is 4.98 Å². The molecule has 0 radical (unpaired) electrons. The predicted molar refractivity (Wildman–Crippen MR) is 98.1 cm³/mol. The molecule has 2 aliphatic rings. The fraction of sp³-hybridized carbons (Fsp3) is 0.579. The quantitative estimate of drug-likeness (QED) is 0.739. The van der Waals surface area contributed by atoms with Crippen LogP contribution in [0.1, 0.15) is 29.8 Å². The first kappa shape index (κ1) is 19.3. The fourth-order valence-electron chi connectivity index (χ4n) is 3.75. The van der Waals surface area contributed by atoms with Gasteiger partial charge < -0.3 is 14.5 Å². The van der Waals surface area contributed by atoms with Crippen LogP contribution in [0.25, 0.3) is 0 Å². The third-order valence-corrected chi connectivity index (χ3v) is 5.09. The molecule has 0 spiro atoms. The molecule has 1 unspecified atom stereocenters. The molecule has 1 atom stereocenters. The van der Waals surface area contributed by atoms with Crippen LogP contribution < -0.4 is 0 Å². The van der Waals surface area contributed by atoms with Crippen molar-refractivity contribution in [1.82, 2.24) is 19.7 Å². The monoisotopic (exact) mass is 374 g/mol. The average molecular weight is 374 g/mol. The van der Waals surface area contributed by atoms with Crippen LogP contribution in [0, 0.1) is 12.3 Å². The molecule has 2 fully saturated rings. The largest absolute Gasteiger partial charge is 0.383 e. The van der Waals surface area contributed by atoms with Crippen LogP contribution in [0.2, 0.25) is 0 Å². The number of ether oxygens (including phenoxy) is 1. The summed E-state index contributed by atoms with van der Waals surface area (Å²) in [6, 6.07) is 0.832. The number of fused-ring (bicyclic) bond motifs is 1. The van der Waals surface area contributed by atoms with E-state index in [1.165, 1.54) is 12.0 Å². The Labute approximate surface area is 159 Å². The van der Waals surface area contributed by atoms with Crippen molar-refractivity contribution in [1.29, 1.82) is 0 Å². The van der Waals surface area contributed by atoms with Crippen molar-refractivity contribution < 1.29 is 19.1 Å². The van der Waals surface area contributed by atoms with Crippen molar-refractivity contribution in [3.8, 4) is 0 Å². The third-order valence-electron chi connectivity index (χ3n) is 5.09. The summed E-state index contributed by atoms with van der Waals surface area (Å²) in [6.07, 6.45) is 3.20. The van der Waals surface area contributed by atoms with Crippen molar-refractivity contribution >= 4 is 17.8 Å². The fourth-order valence-corrected chi connectivity index (χ4v) is 3.75. The van der Waals surface area contributed by atoms with Gasteiger partial charge in [-0.3, -0.25) is 19.5 Å². The topological polar surface area (TPSA) is 83.1 Å². The van der Waals surface area contributed by atoms with Gasteiger partial charge in [0.25, 0.3) is 11.8 Å². The Hall–Kier alpha value is -2.48. The van der Waals surface area contributed by atoms with Crippen LogP contribution in [-0.4, -0.2) is 83.5 Å². The number of imide groups is 1. The van der Waals surface area contributed by atoms with Crippen LogP contribution in [0.5, 0.6) is 0 Å². The van der Waals surface area contributed by atoms with E-state index in [0.717, 1.165) is 5.56 Å². The molecular formula is C19H26N4O4. The Bertz CT molecular complexity index is 764. The van der Waals surface area contributed by atoms with E-state index < -0.39 is 6.04 Å². The second-order valence-corrected chi connectivity index (χ2v) is 7.95. The molecule has 3 rings (SSSR count). The number of amides is 4. The lowest BCUT2D eigenvalue weighted by atomic mass is 9.92. The molecule has 0 aromatic carbocycles. The molecule has 3 heterocycles. The van der Waals surface area contributed by atoms with Gasteiger partial charge in [-0.05, 0) is 18.6 Å². The van der Waals surface area contributed by atoms with Crippen LogP contribution in [0.15, 0.2) is 18.5 Å². The van der Waals surface area contributed by atoms with Crippen LogP contribution in [-0.2, 0) is 9.53 Å². The molecule has 0 aliphatic carbocycles. The minimum absolute atomic E-state index is 0.161. The van der Waals surface area contributed by atoms with Gasteiger partial charge in [-0.15, -0.1) is 0 Å². The maximum Gasteiger partial charge on any atom is 0.327 e. The summed E-state index contributed by atoms with van der Waals surface area (Å²) in [5.41, 5.74) is 1.02. The number of aromatic nitrogens is 1. The summed E-state index contributed by atoms with van der Waals surface area (Å²) in [7, 11) is 1.53. The molecule has 8 heteroatoms. The molecule has 4 amide bonds. The SMILES string of the molecule is COCCN1C(=O)C2CN(C(=O)c3cnccc3C)CC(C)(C)CN2C1=O. The molecule has 0 saturated carbocycles. The van der Waals surface area contributed by atoms with E-state index in [4.69, 9.17) is 4.74 Å². The van der Waals surface area contributed by atoms with Gasteiger partial charge in [-0.2, -0.15) is 0 Å². The number of rotatable bonds is 4. The molecule has 2 saturated heterocycles. The average Bonchev–Trinajstić information content (AvgIpc) is 2.75. The van der Waals surface area contributed by atoms with Gasteiger partial charge >= 0.3 is 6.03 Å². The van der Waals surface area contributed by atoms with Crippen LogP contribution >= 0.6 is 0 Å².